The van der Waals surface area contributed by atoms with Gasteiger partial charge >= 0.3 is 5.97 Å². The fourth-order valence-electron chi connectivity index (χ4n) is 1.12. The van der Waals surface area contributed by atoms with Crippen LogP contribution >= 0.6 is 22.6 Å². The Bertz CT molecular complexity index is 387. The van der Waals surface area contributed by atoms with E-state index in [0.717, 1.165) is 0 Å². The summed E-state index contributed by atoms with van der Waals surface area (Å²) in [6.45, 7) is 1.61. The fourth-order valence-corrected chi connectivity index (χ4v) is 1.54. The van der Waals surface area contributed by atoms with E-state index in [1.807, 2.05) is 0 Å². The van der Waals surface area contributed by atoms with Crippen LogP contribution in [0, 0.1) is 10.5 Å². The van der Waals surface area contributed by atoms with E-state index >= 15 is 0 Å². The third kappa shape index (κ3) is 1.77. The third-order valence-electron chi connectivity index (χ3n) is 1.81. The van der Waals surface area contributed by atoms with Gasteiger partial charge in [0.05, 0.1) is 10.7 Å². The number of rotatable bonds is 1. The summed E-state index contributed by atoms with van der Waals surface area (Å²) in [7, 11) is 1.24. The van der Waals surface area contributed by atoms with Crippen molar-refractivity contribution in [1.82, 2.24) is 0 Å². The van der Waals surface area contributed by atoms with E-state index in [4.69, 9.17) is 0 Å². The first-order chi connectivity index (χ1) is 6.49. The van der Waals surface area contributed by atoms with Crippen LogP contribution in [0.1, 0.15) is 15.9 Å². The molecule has 76 valence electrons. The van der Waals surface area contributed by atoms with Crippen LogP contribution in [-0.2, 0) is 4.74 Å². The maximum absolute atomic E-state index is 11.3. The summed E-state index contributed by atoms with van der Waals surface area (Å²) in [4.78, 5) is 11.3. The molecule has 0 aromatic heterocycles. The van der Waals surface area contributed by atoms with Crippen molar-refractivity contribution in [2.24, 2.45) is 0 Å². The molecule has 0 atom stereocenters. The molecule has 1 aromatic carbocycles. The SMILES string of the molecule is COC(=O)c1c(C)cc(O)c(I)c1O. The lowest BCUT2D eigenvalue weighted by atomic mass is 10.1. The fraction of sp³-hybridized carbons (Fsp3) is 0.222. The minimum absolute atomic E-state index is 0.0479. The number of carbonyl (C=O) groups excluding carboxylic acids is 1. The Hall–Kier alpha value is -0.980. The zero-order chi connectivity index (χ0) is 10.9. The molecule has 0 heterocycles. The van der Waals surface area contributed by atoms with Crippen LogP contribution in [-0.4, -0.2) is 23.3 Å². The first-order valence-electron chi connectivity index (χ1n) is 3.78. The number of phenolic OH excluding ortho intramolecular Hbond substituents is 2. The number of methoxy groups -OCH3 is 1. The molecule has 4 nitrogen and oxygen atoms in total. The highest BCUT2D eigenvalue weighted by atomic mass is 127. The molecule has 1 aromatic rings. The van der Waals surface area contributed by atoms with Crippen molar-refractivity contribution in [2.45, 2.75) is 6.92 Å². The maximum Gasteiger partial charge on any atom is 0.341 e. The van der Waals surface area contributed by atoms with Gasteiger partial charge in [0.1, 0.15) is 17.1 Å². The monoisotopic (exact) mass is 308 g/mol. The number of aromatic hydroxyl groups is 2. The van der Waals surface area contributed by atoms with Crippen molar-refractivity contribution in [3.63, 3.8) is 0 Å². The van der Waals surface area contributed by atoms with Crippen molar-refractivity contribution >= 4 is 28.6 Å². The third-order valence-corrected chi connectivity index (χ3v) is 2.87. The summed E-state index contributed by atoms with van der Waals surface area (Å²) in [5.74, 6) is -0.902. The molecule has 0 saturated carbocycles. The lowest BCUT2D eigenvalue weighted by molar-refractivity contribution is 0.0596. The predicted octanol–water partition coefficient (Wildman–Crippen LogP) is 1.80. The van der Waals surface area contributed by atoms with E-state index in [1.54, 1.807) is 29.5 Å². The Morgan fingerprint density at radius 1 is 1.50 bits per heavy atom. The van der Waals surface area contributed by atoms with Gasteiger partial charge in [-0.3, -0.25) is 0 Å². The van der Waals surface area contributed by atoms with Crippen LogP contribution in [0.2, 0.25) is 0 Å². The summed E-state index contributed by atoms with van der Waals surface area (Å²) >= 11 is 1.75. The average molecular weight is 308 g/mol. The number of aryl methyl sites for hydroxylation is 1. The Morgan fingerprint density at radius 3 is 2.57 bits per heavy atom. The van der Waals surface area contributed by atoms with Crippen LogP contribution in [0.5, 0.6) is 11.5 Å². The summed E-state index contributed by atoms with van der Waals surface area (Å²) in [5.41, 5.74) is 0.571. The second kappa shape index (κ2) is 4.04. The molecule has 5 heteroatoms. The number of hydrogen-bond acceptors (Lipinski definition) is 4. The maximum atomic E-state index is 11.3. The number of carbonyl (C=O) groups is 1. The molecule has 0 bridgehead atoms. The first kappa shape index (κ1) is 11.1. The van der Waals surface area contributed by atoms with E-state index in [-0.39, 0.29) is 20.6 Å². The van der Waals surface area contributed by atoms with Crippen molar-refractivity contribution in [3.8, 4) is 11.5 Å². The normalized spacial score (nSPS) is 9.93. The van der Waals surface area contributed by atoms with Gasteiger partial charge in [-0.15, -0.1) is 0 Å². The molecule has 1 rings (SSSR count). The second-order valence-corrected chi connectivity index (χ2v) is 3.82. The van der Waals surface area contributed by atoms with Gasteiger partial charge in [0.25, 0.3) is 0 Å². The van der Waals surface area contributed by atoms with Crippen LogP contribution in [0.3, 0.4) is 0 Å². The second-order valence-electron chi connectivity index (χ2n) is 2.74. The molecule has 0 amide bonds. The summed E-state index contributed by atoms with van der Waals surface area (Å²) < 4.78 is 4.75. The van der Waals surface area contributed by atoms with E-state index in [0.29, 0.717) is 5.56 Å². The number of benzene rings is 1. The molecule has 0 spiro atoms. The Labute approximate surface area is 94.7 Å². The van der Waals surface area contributed by atoms with E-state index in [9.17, 15) is 15.0 Å². The zero-order valence-corrected chi connectivity index (χ0v) is 9.82. The van der Waals surface area contributed by atoms with Gasteiger partial charge in [-0.05, 0) is 41.1 Å². The Balaban J connectivity index is 3.44. The quantitative estimate of drug-likeness (QED) is 0.613. The van der Waals surface area contributed by atoms with Gasteiger partial charge in [0, 0.05) is 0 Å². The van der Waals surface area contributed by atoms with E-state index < -0.39 is 5.97 Å². The van der Waals surface area contributed by atoms with Crippen LogP contribution in [0.15, 0.2) is 6.07 Å². The molecule has 14 heavy (non-hydrogen) atoms. The number of phenols is 2. The summed E-state index contributed by atoms with van der Waals surface area (Å²) in [6, 6.07) is 1.41. The summed E-state index contributed by atoms with van der Waals surface area (Å²) in [6.07, 6.45) is 0. The van der Waals surface area contributed by atoms with Crippen LogP contribution < -0.4 is 0 Å². The van der Waals surface area contributed by atoms with Crippen molar-refractivity contribution in [1.29, 1.82) is 0 Å². The highest BCUT2D eigenvalue weighted by Crippen LogP contribution is 2.34. The topological polar surface area (TPSA) is 66.8 Å². The van der Waals surface area contributed by atoms with Gasteiger partial charge in [-0.1, -0.05) is 0 Å². The number of hydrogen-bond donors (Lipinski definition) is 2. The van der Waals surface area contributed by atoms with Gasteiger partial charge in [0.15, 0.2) is 0 Å². The largest absolute Gasteiger partial charge is 0.507 e. The zero-order valence-electron chi connectivity index (χ0n) is 7.67. The molecule has 0 fully saturated rings. The van der Waals surface area contributed by atoms with Crippen molar-refractivity contribution in [2.75, 3.05) is 7.11 Å². The first-order valence-corrected chi connectivity index (χ1v) is 4.86. The van der Waals surface area contributed by atoms with Crippen LogP contribution in [0.4, 0.5) is 0 Å². The number of halogens is 1. The highest BCUT2D eigenvalue weighted by Gasteiger charge is 2.19. The minimum atomic E-state index is -0.613. The highest BCUT2D eigenvalue weighted by molar-refractivity contribution is 14.1. The minimum Gasteiger partial charge on any atom is -0.507 e. The van der Waals surface area contributed by atoms with Gasteiger partial charge in [-0.2, -0.15) is 0 Å². The molecular weight excluding hydrogens is 299 g/mol. The molecule has 0 aliphatic heterocycles. The molecule has 0 unspecified atom stereocenters. The van der Waals surface area contributed by atoms with Gasteiger partial charge < -0.3 is 14.9 Å². The summed E-state index contributed by atoms with van der Waals surface area (Å²) in [5, 5.41) is 18.9. The average Bonchev–Trinajstić information content (AvgIpc) is 2.14. The lowest BCUT2D eigenvalue weighted by Crippen LogP contribution is -2.05. The molecule has 2 N–H and O–H groups in total. The lowest BCUT2D eigenvalue weighted by Gasteiger charge is -2.09. The molecule has 0 aliphatic carbocycles. The predicted molar refractivity (Wildman–Crippen MR) is 58.6 cm³/mol. The smallest absolute Gasteiger partial charge is 0.341 e. The van der Waals surface area contributed by atoms with E-state index in [1.165, 1.54) is 13.2 Å². The van der Waals surface area contributed by atoms with Gasteiger partial charge in [-0.25, -0.2) is 4.79 Å². The molecule has 0 saturated heterocycles. The molecular formula is C9H9IO4. The Kier molecular flexibility index (Phi) is 3.20. The van der Waals surface area contributed by atoms with Gasteiger partial charge in [0.2, 0.25) is 0 Å². The standard InChI is InChI=1S/C9H9IO4/c1-4-3-5(11)7(10)8(12)6(4)9(13)14-2/h3,11-12H,1-2H3. The van der Waals surface area contributed by atoms with Crippen molar-refractivity contribution < 1.29 is 19.7 Å². The number of esters is 1. The molecule has 0 radical (unpaired) electrons. The molecule has 0 aliphatic rings. The van der Waals surface area contributed by atoms with Crippen molar-refractivity contribution in [3.05, 3.63) is 20.8 Å². The number of ether oxygens (including phenoxy) is 1. The Morgan fingerprint density at radius 2 is 2.07 bits per heavy atom. The van der Waals surface area contributed by atoms with Crippen LogP contribution in [0.25, 0.3) is 0 Å². The van der Waals surface area contributed by atoms with E-state index in [2.05, 4.69) is 4.74 Å².